The first-order chi connectivity index (χ1) is 12.6. The number of rotatable bonds is 16. The number of sulfonamides is 1. The van der Waals surface area contributed by atoms with Crippen LogP contribution >= 0.6 is 0 Å². The van der Waals surface area contributed by atoms with Crippen LogP contribution in [0.25, 0.3) is 0 Å². The number of aryl methyl sites for hydroxylation is 1. The second-order valence-electron chi connectivity index (χ2n) is 7.29. The summed E-state index contributed by atoms with van der Waals surface area (Å²) in [5.74, 6) is 0. The number of hydrogen-bond donors (Lipinski definition) is 1. The van der Waals surface area contributed by atoms with E-state index in [0.29, 0.717) is 11.4 Å². The molecule has 3 nitrogen and oxygen atoms in total. The van der Waals surface area contributed by atoms with Gasteiger partial charge in [-0.1, -0.05) is 96.3 Å². The Kier molecular flexibility index (Phi) is 12.7. The van der Waals surface area contributed by atoms with Crippen molar-refractivity contribution in [2.45, 2.75) is 102 Å². The molecule has 1 N–H and O–H groups in total. The van der Waals surface area contributed by atoms with E-state index in [4.69, 9.17) is 0 Å². The average molecular weight is 382 g/mol. The molecule has 0 saturated carbocycles. The summed E-state index contributed by atoms with van der Waals surface area (Å²) in [6, 6.07) is 7.45. The van der Waals surface area contributed by atoms with Gasteiger partial charge in [-0.05, 0) is 30.9 Å². The van der Waals surface area contributed by atoms with Gasteiger partial charge in [0.05, 0.1) is 4.90 Å². The lowest BCUT2D eigenvalue weighted by atomic mass is 10.0. The molecule has 1 aromatic rings. The summed E-state index contributed by atoms with van der Waals surface area (Å²) in [6.45, 7) is 4.84. The molecule has 0 radical (unpaired) electrons. The van der Waals surface area contributed by atoms with E-state index in [1.54, 1.807) is 6.07 Å². The van der Waals surface area contributed by atoms with Crippen LogP contribution in [0.3, 0.4) is 0 Å². The Morgan fingerprint density at radius 1 is 0.731 bits per heavy atom. The molecule has 0 aliphatic carbocycles. The van der Waals surface area contributed by atoms with Crippen molar-refractivity contribution in [3.05, 3.63) is 29.8 Å². The van der Waals surface area contributed by atoms with Crippen molar-refractivity contribution in [1.29, 1.82) is 0 Å². The normalized spacial score (nSPS) is 11.8. The van der Waals surface area contributed by atoms with Crippen molar-refractivity contribution >= 4 is 10.0 Å². The third kappa shape index (κ3) is 9.72. The second-order valence-corrected chi connectivity index (χ2v) is 9.03. The van der Waals surface area contributed by atoms with Crippen LogP contribution in [0.15, 0.2) is 29.2 Å². The van der Waals surface area contributed by atoms with Crippen LogP contribution in [0.5, 0.6) is 0 Å². The topological polar surface area (TPSA) is 46.2 Å². The molecular weight excluding hydrogens is 342 g/mol. The van der Waals surface area contributed by atoms with E-state index in [1.165, 1.54) is 57.8 Å². The SMILES string of the molecule is CCCCCCCCCCCCc1ccccc1S(=O)(=O)NCCCC. The Hall–Kier alpha value is -0.870. The van der Waals surface area contributed by atoms with Crippen LogP contribution in [-0.2, 0) is 16.4 Å². The predicted octanol–water partition coefficient (Wildman–Crippen LogP) is 6.23. The minimum atomic E-state index is -3.38. The van der Waals surface area contributed by atoms with E-state index >= 15 is 0 Å². The first kappa shape index (κ1) is 23.2. The number of benzene rings is 1. The Balaban J connectivity index is 2.31. The minimum absolute atomic E-state index is 0.465. The van der Waals surface area contributed by atoms with Crippen LogP contribution in [0, 0.1) is 0 Å². The van der Waals surface area contributed by atoms with E-state index in [9.17, 15) is 8.42 Å². The Bertz CT molecular complexity index is 569. The molecule has 0 saturated heterocycles. The van der Waals surface area contributed by atoms with Gasteiger partial charge in [0.1, 0.15) is 0 Å². The van der Waals surface area contributed by atoms with Gasteiger partial charge in [-0.15, -0.1) is 0 Å². The lowest BCUT2D eigenvalue weighted by Crippen LogP contribution is -2.25. The van der Waals surface area contributed by atoms with Gasteiger partial charge in [-0.3, -0.25) is 0 Å². The molecule has 0 atom stereocenters. The summed E-state index contributed by atoms with van der Waals surface area (Å²) in [5, 5.41) is 0. The van der Waals surface area contributed by atoms with Gasteiger partial charge in [-0.25, -0.2) is 13.1 Å². The van der Waals surface area contributed by atoms with E-state index in [-0.39, 0.29) is 0 Å². The molecule has 0 amide bonds. The van der Waals surface area contributed by atoms with Crippen LogP contribution < -0.4 is 4.72 Å². The zero-order valence-electron chi connectivity index (χ0n) is 16.9. The molecule has 1 rings (SSSR count). The molecule has 4 heteroatoms. The lowest BCUT2D eigenvalue weighted by Gasteiger charge is -2.11. The molecule has 0 unspecified atom stereocenters. The summed E-state index contributed by atoms with van der Waals surface area (Å²) in [5.41, 5.74) is 0.955. The standard InChI is InChI=1S/C22H39NO2S/c1-3-5-7-8-9-10-11-12-13-14-17-21-18-15-16-19-22(21)26(24,25)23-20-6-4-2/h15-16,18-19,23H,3-14,17,20H2,1-2H3. The minimum Gasteiger partial charge on any atom is -0.211 e. The molecule has 0 fully saturated rings. The smallest absolute Gasteiger partial charge is 0.211 e. The fourth-order valence-electron chi connectivity index (χ4n) is 3.24. The van der Waals surface area contributed by atoms with Crippen molar-refractivity contribution < 1.29 is 8.42 Å². The number of nitrogens with one attached hydrogen (secondary N) is 1. The maximum Gasteiger partial charge on any atom is 0.240 e. The van der Waals surface area contributed by atoms with Crippen molar-refractivity contribution in [2.24, 2.45) is 0 Å². The first-order valence-corrected chi connectivity index (χ1v) is 12.2. The zero-order chi connectivity index (χ0) is 19.1. The van der Waals surface area contributed by atoms with Crippen molar-refractivity contribution in [2.75, 3.05) is 6.54 Å². The largest absolute Gasteiger partial charge is 0.240 e. The second kappa shape index (κ2) is 14.2. The van der Waals surface area contributed by atoms with Crippen LogP contribution in [0.4, 0.5) is 0 Å². The van der Waals surface area contributed by atoms with Gasteiger partial charge in [0.25, 0.3) is 0 Å². The molecule has 0 aliphatic heterocycles. The highest BCUT2D eigenvalue weighted by atomic mass is 32.2. The highest BCUT2D eigenvalue weighted by Gasteiger charge is 2.16. The highest BCUT2D eigenvalue weighted by molar-refractivity contribution is 7.89. The van der Waals surface area contributed by atoms with Gasteiger partial charge >= 0.3 is 0 Å². The molecule has 26 heavy (non-hydrogen) atoms. The van der Waals surface area contributed by atoms with E-state index < -0.39 is 10.0 Å². The summed E-state index contributed by atoms with van der Waals surface area (Å²) in [7, 11) is -3.38. The van der Waals surface area contributed by atoms with Gasteiger partial charge < -0.3 is 0 Å². The highest BCUT2D eigenvalue weighted by Crippen LogP contribution is 2.19. The first-order valence-electron chi connectivity index (χ1n) is 10.7. The van der Waals surface area contributed by atoms with E-state index in [0.717, 1.165) is 31.2 Å². The van der Waals surface area contributed by atoms with Gasteiger partial charge in [0, 0.05) is 6.54 Å². The molecule has 150 valence electrons. The van der Waals surface area contributed by atoms with Crippen molar-refractivity contribution in [1.82, 2.24) is 4.72 Å². The fraction of sp³-hybridized carbons (Fsp3) is 0.727. The molecule has 1 aromatic carbocycles. The summed E-state index contributed by atoms with van der Waals surface area (Å²) < 4.78 is 27.7. The number of hydrogen-bond acceptors (Lipinski definition) is 2. The quantitative estimate of drug-likeness (QED) is 0.345. The molecule has 0 bridgehead atoms. The van der Waals surface area contributed by atoms with Crippen molar-refractivity contribution in [3.63, 3.8) is 0 Å². The van der Waals surface area contributed by atoms with Gasteiger partial charge in [-0.2, -0.15) is 0 Å². The van der Waals surface area contributed by atoms with E-state index in [2.05, 4.69) is 18.6 Å². The van der Waals surface area contributed by atoms with Crippen LogP contribution in [0.2, 0.25) is 0 Å². The summed E-state index contributed by atoms with van der Waals surface area (Å²) >= 11 is 0. The number of unbranched alkanes of at least 4 members (excludes halogenated alkanes) is 10. The Labute approximate surface area is 162 Å². The lowest BCUT2D eigenvalue weighted by molar-refractivity contribution is 0.554. The Morgan fingerprint density at radius 3 is 1.88 bits per heavy atom. The summed E-state index contributed by atoms with van der Waals surface area (Å²) in [4.78, 5) is 0.465. The molecule has 0 aromatic heterocycles. The maximum atomic E-state index is 12.5. The molecule has 0 spiro atoms. The van der Waals surface area contributed by atoms with Crippen molar-refractivity contribution in [3.8, 4) is 0 Å². The average Bonchev–Trinajstić information content (AvgIpc) is 2.63. The molecule has 0 heterocycles. The van der Waals surface area contributed by atoms with Gasteiger partial charge in [0.15, 0.2) is 0 Å². The zero-order valence-corrected chi connectivity index (χ0v) is 17.8. The molecule has 0 aliphatic rings. The predicted molar refractivity (Wildman–Crippen MR) is 112 cm³/mol. The monoisotopic (exact) mass is 381 g/mol. The van der Waals surface area contributed by atoms with Gasteiger partial charge in [0.2, 0.25) is 10.0 Å². The van der Waals surface area contributed by atoms with Crippen LogP contribution in [0.1, 0.15) is 96.5 Å². The Morgan fingerprint density at radius 2 is 1.27 bits per heavy atom. The molecular formula is C22H39NO2S. The fourth-order valence-corrected chi connectivity index (χ4v) is 4.58. The van der Waals surface area contributed by atoms with Crippen LogP contribution in [-0.4, -0.2) is 15.0 Å². The third-order valence-electron chi connectivity index (χ3n) is 4.88. The van der Waals surface area contributed by atoms with E-state index in [1.807, 2.05) is 18.2 Å². The third-order valence-corrected chi connectivity index (χ3v) is 6.45. The maximum absolute atomic E-state index is 12.5. The summed E-state index contributed by atoms with van der Waals surface area (Å²) in [6.07, 6.45) is 15.7.